The van der Waals surface area contributed by atoms with Crippen LogP contribution in [-0.2, 0) is 14.2 Å². The van der Waals surface area contributed by atoms with E-state index < -0.39 is 17.5 Å². The molecule has 1 aromatic rings. The molecule has 0 aromatic carbocycles. The molecule has 1 aromatic heterocycles. The van der Waals surface area contributed by atoms with Gasteiger partial charge in [-0.3, -0.25) is 14.3 Å². The van der Waals surface area contributed by atoms with Crippen LogP contribution < -0.4 is 16.6 Å². The standard InChI is InChI=1S/C18H31N3O5/c1-4-5-6-7-8-9-19-13-11-21(18(23)20-17(13)22)16-10-14(25-3)15(26-16)12-24-2/h11,14-16,19H,4-10,12H2,1-3H3,(H,20,22,23). The van der Waals surface area contributed by atoms with Crippen molar-refractivity contribution >= 4 is 5.69 Å². The Morgan fingerprint density at radius 3 is 2.73 bits per heavy atom. The van der Waals surface area contributed by atoms with E-state index in [1.807, 2.05) is 0 Å². The summed E-state index contributed by atoms with van der Waals surface area (Å²) in [6.07, 6.45) is 6.90. The van der Waals surface area contributed by atoms with E-state index in [-0.39, 0.29) is 12.2 Å². The zero-order chi connectivity index (χ0) is 18.9. The molecule has 8 heteroatoms. The second-order valence-corrected chi connectivity index (χ2v) is 6.64. The van der Waals surface area contributed by atoms with Gasteiger partial charge in [-0.15, -0.1) is 0 Å². The Kier molecular flexibility index (Phi) is 8.34. The first-order chi connectivity index (χ1) is 12.6. The number of nitrogens with zero attached hydrogens (tertiary/aromatic N) is 1. The molecule has 0 saturated carbocycles. The molecule has 148 valence electrons. The van der Waals surface area contributed by atoms with Gasteiger partial charge in [0.15, 0.2) is 0 Å². The predicted molar refractivity (Wildman–Crippen MR) is 99.8 cm³/mol. The number of aromatic nitrogens is 2. The van der Waals surface area contributed by atoms with E-state index in [4.69, 9.17) is 14.2 Å². The molecule has 1 aliphatic rings. The van der Waals surface area contributed by atoms with Crippen molar-refractivity contribution < 1.29 is 14.2 Å². The summed E-state index contributed by atoms with van der Waals surface area (Å²) in [7, 11) is 3.21. The average Bonchev–Trinajstić information content (AvgIpc) is 3.02. The number of hydrogen-bond acceptors (Lipinski definition) is 6. The van der Waals surface area contributed by atoms with Gasteiger partial charge in [0.2, 0.25) is 0 Å². The molecule has 1 saturated heterocycles. The van der Waals surface area contributed by atoms with Crippen LogP contribution in [0.15, 0.2) is 15.8 Å². The lowest BCUT2D eigenvalue weighted by atomic mass is 10.1. The van der Waals surface area contributed by atoms with Crippen LogP contribution in [0.1, 0.15) is 51.7 Å². The maximum Gasteiger partial charge on any atom is 0.330 e. The Balaban J connectivity index is 2.03. The number of H-pyrrole nitrogens is 1. The van der Waals surface area contributed by atoms with E-state index in [2.05, 4.69) is 17.2 Å². The lowest BCUT2D eigenvalue weighted by Crippen LogP contribution is -2.34. The largest absolute Gasteiger partial charge is 0.382 e. The summed E-state index contributed by atoms with van der Waals surface area (Å²) in [5, 5.41) is 3.13. The minimum absolute atomic E-state index is 0.159. The van der Waals surface area contributed by atoms with Gasteiger partial charge in [-0.25, -0.2) is 4.79 Å². The van der Waals surface area contributed by atoms with Gasteiger partial charge in [0.25, 0.3) is 5.56 Å². The summed E-state index contributed by atoms with van der Waals surface area (Å²) >= 11 is 0. The molecule has 0 spiro atoms. The molecule has 1 fully saturated rings. The summed E-state index contributed by atoms with van der Waals surface area (Å²) in [6.45, 7) is 3.26. The van der Waals surface area contributed by atoms with Crippen molar-refractivity contribution in [2.24, 2.45) is 0 Å². The van der Waals surface area contributed by atoms with Crippen LogP contribution in [0.2, 0.25) is 0 Å². The van der Waals surface area contributed by atoms with Crippen molar-refractivity contribution in [1.29, 1.82) is 0 Å². The Hall–Kier alpha value is -1.64. The maximum absolute atomic E-state index is 12.2. The third-order valence-corrected chi connectivity index (χ3v) is 4.69. The molecule has 0 amide bonds. The fourth-order valence-electron chi connectivity index (χ4n) is 3.21. The van der Waals surface area contributed by atoms with E-state index >= 15 is 0 Å². The van der Waals surface area contributed by atoms with E-state index in [1.165, 1.54) is 23.8 Å². The highest BCUT2D eigenvalue weighted by Gasteiger charge is 2.37. The number of nitrogens with one attached hydrogen (secondary N) is 2. The van der Waals surface area contributed by atoms with Crippen molar-refractivity contribution in [1.82, 2.24) is 9.55 Å². The molecule has 2 heterocycles. The minimum atomic E-state index is -0.491. The van der Waals surface area contributed by atoms with Crippen LogP contribution in [0.4, 0.5) is 5.69 Å². The summed E-state index contributed by atoms with van der Waals surface area (Å²) < 4.78 is 17.9. The Labute approximate surface area is 153 Å². The van der Waals surface area contributed by atoms with Gasteiger partial charge < -0.3 is 19.5 Å². The number of hydrogen-bond donors (Lipinski definition) is 2. The molecule has 26 heavy (non-hydrogen) atoms. The SMILES string of the molecule is CCCCCCCNc1cn(C2CC(OC)C(COC)O2)c(=O)[nH]c1=O. The number of unbranched alkanes of at least 4 members (excludes halogenated alkanes) is 4. The quantitative estimate of drug-likeness (QED) is 0.578. The van der Waals surface area contributed by atoms with E-state index in [0.717, 1.165) is 12.8 Å². The monoisotopic (exact) mass is 369 g/mol. The summed E-state index contributed by atoms with van der Waals surface area (Å²) in [4.78, 5) is 26.6. The fraction of sp³-hybridized carbons (Fsp3) is 0.778. The number of aromatic amines is 1. The molecule has 8 nitrogen and oxygen atoms in total. The van der Waals surface area contributed by atoms with Crippen molar-refractivity contribution in [3.63, 3.8) is 0 Å². The number of rotatable bonds is 11. The summed E-state index contributed by atoms with van der Waals surface area (Å²) in [6, 6.07) is 0. The lowest BCUT2D eigenvalue weighted by molar-refractivity contribution is -0.0617. The van der Waals surface area contributed by atoms with E-state index in [9.17, 15) is 9.59 Å². The van der Waals surface area contributed by atoms with Crippen molar-refractivity contribution in [3.05, 3.63) is 27.0 Å². The third-order valence-electron chi connectivity index (χ3n) is 4.69. The predicted octanol–water partition coefficient (Wildman–Crippen LogP) is 1.87. The fourth-order valence-corrected chi connectivity index (χ4v) is 3.21. The minimum Gasteiger partial charge on any atom is -0.382 e. The maximum atomic E-state index is 12.2. The molecular formula is C18H31N3O5. The first-order valence-electron chi connectivity index (χ1n) is 9.37. The van der Waals surface area contributed by atoms with Crippen LogP contribution in [0.5, 0.6) is 0 Å². The van der Waals surface area contributed by atoms with Crippen LogP contribution >= 0.6 is 0 Å². The van der Waals surface area contributed by atoms with Gasteiger partial charge in [-0.1, -0.05) is 32.6 Å². The topological polar surface area (TPSA) is 94.6 Å². The number of anilines is 1. The molecule has 2 rings (SSSR count). The number of methoxy groups -OCH3 is 2. The molecule has 1 aliphatic heterocycles. The van der Waals surface area contributed by atoms with Crippen molar-refractivity contribution in [2.45, 2.75) is 63.9 Å². The summed E-state index contributed by atoms with van der Waals surface area (Å²) in [5.41, 5.74) is -0.510. The van der Waals surface area contributed by atoms with E-state index in [1.54, 1.807) is 20.4 Å². The molecule has 3 unspecified atom stereocenters. The zero-order valence-corrected chi connectivity index (χ0v) is 16.0. The van der Waals surface area contributed by atoms with Gasteiger partial charge in [-0.2, -0.15) is 0 Å². The second kappa shape index (κ2) is 10.5. The second-order valence-electron chi connectivity index (χ2n) is 6.64. The van der Waals surface area contributed by atoms with Gasteiger partial charge in [0, 0.05) is 33.4 Å². The van der Waals surface area contributed by atoms with Gasteiger partial charge in [0.1, 0.15) is 18.0 Å². The smallest absolute Gasteiger partial charge is 0.330 e. The third kappa shape index (κ3) is 5.43. The number of ether oxygens (including phenoxy) is 3. The lowest BCUT2D eigenvalue weighted by Gasteiger charge is -2.17. The Morgan fingerprint density at radius 1 is 1.27 bits per heavy atom. The molecule has 0 radical (unpaired) electrons. The Bertz CT molecular complexity index is 657. The first kappa shape index (κ1) is 20.7. The first-order valence-corrected chi connectivity index (χ1v) is 9.37. The van der Waals surface area contributed by atoms with Gasteiger partial charge >= 0.3 is 5.69 Å². The van der Waals surface area contributed by atoms with Gasteiger partial charge in [0.05, 0.1) is 12.7 Å². The van der Waals surface area contributed by atoms with Gasteiger partial charge in [-0.05, 0) is 6.42 Å². The van der Waals surface area contributed by atoms with Crippen LogP contribution in [0.3, 0.4) is 0 Å². The highest BCUT2D eigenvalue weighted by Crippen LogP contribution is 2.29. The molecule has 2 N–H and O–H groups in total. The highest BCUT2D eigenvalue weighted by atomic mass is 16.6. The van der Waals surface area contributed by atoms with Crippen molar-refractivity contribution in [2.75, 3.05) is 32.7 Å². The zero-order valence-electron chi connectivity index (χ0n) is 16.0. The molecule has 0 aliphatic carbocycles. The molecule has 0 bridgehead atoms. The van der Waals surface area contributed by atoms with E-state index in [0.29, 0.717) is 25.3 Å². The van der Waals surface area contributed by atoms with Crippen LogP contribution in [0.25, 0.3) is 0 Å². The van der Waals surface area contributed by atoms with Crippen molar-refractivity contribution in [3.8, 4) is 0 Å². The van der Waals surface area contributed by atoms with Crippen LogP contribution in [-0.4, -0.2) is 49.1 Å². The normalized spacial score (nSPS) is 22.7. The Morgan fingerprint density at radius 2 is 2.04 bits per heavy atom. The molecular weight excluding hydrogens is 338 g/mol. The average molecular weight is 369 g/mol. The van der Waals surface area contributed by atoms with Crippen LogP contribution in [0, 0.1) is 0 Å². The molecule has 3 atom stereocenters. The summed E-state index contributed by atoms with van der Waals surface area (Å²) in [5.74, 6) is 0. The highest BCUT2D eigenvalue weighted by molar-refractivity contribution is 5.37.